The number of carbonyl (C=O) groups excluding carboxylic acids is 2. The lowest BCUT2D eigenvalue weighted by atomic mass is 10.1. The van der Waals surface area contributed by atoms with Gasteiger partial charge in [0, 0.05) is 45.2 Å². The van der Waals surface area contributed by atoms with Crippen molar-refractivity contribution >= 4 is 41.8 Å². The van der Waals surface area contributed by atoms with E-state index in [4.69, 9.17) is 0 Å². The van der Waals surface area contributed by atoms with Crippen LogP contribution >= 0.6 is 24.0 Å². The Balaban J connectivity index is 0.00000729. The Labute approximate surface area is 185 Å². The molecule has 158 valence electrons. The molecular formula is C20H34IN5O2. The summed E-state index contributed by atoms with van der Waals surface area (Å²) in [5, 5.41) is 9.29. The standard InChI is InChI=1S/C20H33N5O2.HI/c1-6-15(3)24-18(26)12-13-22-20(21-7-2)23-14-16-8-10-17(11-9-16)19(27)25(4)5;/h8-11,15H,6-7,12-14H2,1-5H3,(H,24,26)(H2,21,22,23);1H. The molecule has 0 fully saturated rings. The van der Waals surface area contributed by atoms with Gasteiger partial charge in [-0.3, -0.25) is 9.59 Å². The summed E-state index contributed by atoms with van der Waals surface area (Å²) >= 11 is 0. The third-order valence-corrected chi connectivity index (χ3v) is 4.04. The van der Waals surface area contributed by atoms with Crippen molar-refractivity contribution in [3.63, 3.8) is 0 Å². The van der Waals surface area contributed by atoms with Crippen LogP contribution in [0.5, 0.6) is 0 Å². The molecule has 7 nitrogen and oxygen atoms in total. The average molecular weight is 503 g/mol. The van der Waals surface area contributed by atoms with Crippen LogP contribution in [0.15, 0.2) is 29.3 Å². The van der Waals surface area contributed by atoms with Gasteiger partial charge in [0.05, 0.1) is 6.54 Å². The Bertz CT molecular complexity index is 632. The van der Waals surface area contributed by atoms with E-state index in [2.05, 4.69) is 20.9 Å². The first-order valence-corrected chi connectivity index (χ1v) is 9.49. The van der Waals surface area contributed by atoms with Crippen molar-refractivity contribution in [3.05, 3.63) is 35.4 Å². The number of aliphatic imine (C=N–C) groups is 1. The molecule has 0 aliphatic rings. The molecule has 0 bridgehead atoms. The highest BCUT2D eigenvalue weighted by Gasteiger charge is 2.08. The Kier molecular flexibility index (Phi) is 13.3. The minimum Gasteiger partial charge on any atom is -0.357 e. The minimum absolute atomic E-state index is 0. The van der Waals surface area contributed by atoms with Crippen molar-refractivity contribution in [1.29, 1.82) is 0 Å². The lowest BCUT2D eigenvalue weighted by molar-refractivity contribution is -0.121. The van der Waals surface area contributed by atoms with Crippen LogP contribution in [0.1, 0.15) is 49.5 Å². The molecule has 8 heteroatoms. The molecule has 3 N–H and O–H groups in total. The molecule has 28 heavy (non-hydrogen) atoms. The number of carbonyl (C=O) groups is 2. The third-order valence-electron chi connectivity index (χ3n) is 4.04. The largest absolute Gasteiger partial charge is 0.357 e. The average Bonchev–Trinajstić information content (AvgIpc) is 2.65. The number of hydrogen-bond donors (Lipinski definition) is 3. The van der Waals surface area contributed by atoms with Gasteiger partial charge in [-0.15, -0.1) is 24.0 Å². The zero-order chi connectivity index (χ0) is 20.2. The number of amides is 2. The second-order valence-corrected chi connectivity index (χ2v) is 6.65. The Morgan fingerprint density at radius 3 is 2.29 bits per heavy atom. The fourth-order valence-electron chi connectivity index (χ4n) is 2.27. The van der Waals surface area contributed by atoms with Crippen molar-refractivity contribution in [3.8, 4) is 0 Å². The maximum absolute atomic E-state index is 11.9. The molecule has 0 heterocycles. The molecule has 0 aliphatic heterocycles. The molecule has 0 radical (unpaired) electrons. The van der Waals surface area contributed by atoms with Crippen molar-refractivity contribution in [2.45, 2.75) is 46.2 Å². The van der Waals surface area contributed by atoms with Gasteiger partial charge in [-0.2, -0.15) is 0 Å². The summed E-state index contributed by atoms with van der Waals surface area (Å²) in [6, 6.07) is 7.63. The molecular weight excluding hydrogens is 469 g/mol. The molecule has 1 aromatic carbocycles. The van der Waals surface area contributed by atoms with Gasteiger partial charge >= 0.3 is 0 Å². The lowest BCUT2D eigenvalue weighted by Gasteiger charge is -2.13. The van der Waals surface area contributed by atoms with Gasteiger partial charge in [0.2, 0.25) is 5.91 Å². The van der Waals surface area contributed by atoms with Crippen LogP contribution < -0.4 is 16.0 Å². The fourth-order valence-corrected chi connectivity index (χ4v) is 2.27. The van der Waals surface area contributed by atoms with Crippen LogP contribution in [0, 0.1) is 0 Å². The Morgan fingerprint density at radius 1 is 1.11 bits per heavy atom. The van der Waals surface area contributed by atoms with E-state index in [1.807, 2.05) is 45.0 Å². The smallest absolute Gasteiger partial charge is 0.253 e. The van der Waals surface area contributed by atoms with Crippen molar-refractivity contribution in [2.24, 2.45) is 4.99 Å². The minimum atomic E-state index is -0.0178. The van der Waals surface area contributed by atoms with Crippen LogP contribution in [0.4, 0.5) is 0 Å². The molecule has 2 amide bonds. The molecule has 0 spiro atoms. The van der Waals surface area contributed by atoms with Gasteiger partial charge in [0.15, 0.2) is 5.96 Å². The summed E-state index contributed by atoms with van der Waals surface area (Å²) < 4.78 is 0. The number of hydrogen-bond acceptors (Lipinski definition) is 3. The predicted octanol–water partition coefficient (Wildman–Crippen LogP) is 2.37. The highest BCUT2D eigenvalue weighted by molar-refractivity contribution is 14.0. The predicted molar refractivity (Wildman–Crippen MR) is 125 cm³/mol. The number of halogens is 1. The van der Waals surface area contributed by atoms with E-state index in [0.717, 1.165) is 18.5 Å². The van der Waals surface area contributed by atoms with Crippen LogP contribution in [0.25, 0.3) is 0 Å². The summed E-state index contributed by atoms with van der Waals surface area (Å²) in [5.41, 5.74) is 1.67. The van der Waals surface area contributed by atoms with Crippen LogP contribution in [0.3, 0.4) is 0 Å². The first-order chi connectivity index (χ1) is 12.9. The zero-order valence-corrected chi connectivity index (χ0v) is 19.9. The van der Waals surface area contributed by atoms with E-state index in [0.29, 0.717) is 31.0 Å². The molecule has 1 unspecified atom stereocenters. The quantitative estimate of drug-likeness (QED) is 0.275. The molecule has 0 saturated carbocycles. The number of guanidine groups is 1. The van der Waals surface area contributed by atoms with Gasteiger partial charge in [-0.25, -0.2) is 4.99 Å². The van der Waals surface area contributed by atoms with Gasteiger partial charge < -0.3 is 20.9 Å². The normalized spacial score (nSPS) is 11.8. The van der Waals surface area contributed by atoms with Crippen molar-refractivity contribution in [2.75, 3.05) is 27.2 Å². The van der Waals surface area contributed by atoms with E-state index >= 15 is 0 Å². The molecule has 1 atom stereocenters. The number of benzene rings is 1. The monoisotopic (exact) mass is 503 g/mol. The maximum atomic E-state index is 11.9. The van der Waals surface area contributed by atoms with Crippen molar-refractivity contribution in [1.82, 2.24) is 20.9 Å². The number of rotatable bonds is 9. The summed E-state index contributed by atoms with van der Waals surface area (Å²) in [4.78, 5) is 29.8. The topological polar surface area (TPSA) is 85.8 Å². The van der Waals surface area contributed by atoms with E-state index < -0.39 is 0 Å². The first-order valence-electron chi connectivity index (χ1n) is 9.49. The lowest BCUT2D eigenvalue weighted by Crippen LogP contribution is -2.40. The van der Waals surface area contributed by atoms with E-state index in [9.17, 15) is 9.59 Å². The van der Waals surface area contributed by atoms with Crippen molar-refractivity contribution < 1.29 is 9.59 Å². The molecule has 0 aliphatic carbocycles. The molecule has 0 aromatic heterocycles. The molecule has 0 saturated heterocycles. The fraction of sp³-hybridized carbons (Fsp3) is 0.550. The first kappa shape index (κ1) is 26.2. The van der Waals surface area contributed by atoms with Crippen LogP contribution in [-0.4, -0.2) is 55.9 Å². The second-order valence-electron chi connectivity index (χ2n) is 6.65. The number of nitrogens with zero attached hydrogens (tertiary/aromatic N) is 2. The maximum Gasteiger partial charge on any atom is 0.253 e. The van der Waals surface area contributed by atoms with E-state index in [-0.39, 0.29) is 41.8 Å². The molecule has 1 rings (SSSR count). The van der Waals surface area contributed by atoms with Gasteiger partial charge in [0.25, 0.3) is 5.91 Å². The second kappa shape index (κ2) is 14.2. The van der Waals surface area contributed by atoms with Crippen LogP contribution in [-0.2, 0) is 11.3 Å². The highest BCUT2D eigenvalue weighted by Crippen LogP contribution is 2.07. The third kappa shape index (κ3) is 9.91. The Hall–Kier alpha value is -1.84. The van der Waals surface area contributed by atoms with Gasteiger partial charge in [0.1, 0.15) is 0 Å². The molecule has 1 aromatic rings. The van der Waals surface area contributed by atoms with E-state index in [1.165, 1.54) is 0 Å². The SMILES string of the molecule is CCNC(=NCc1ccc(C(=O)N(C)C)cc1)NCCC(=O)NC(C)CC.I. The Morgan fingerprint density at radius 2 is 1.75 bits per heavy atom. The van der Waals surface area contributed by atoms with Gasteiger partial charge in [-0.05, 0) is 38.0 Å². The summed E-state index contributed by atoms with van der Waals surface area (Å²) in [7, 11) is 3.47. The van der Waals surface area contributed by atoms with Gasteiger partial charge in [-0.1, -0.05) is 19.1 Å². The van der Waals surface area contributed by atoms with Crippen LogP contribution in [0.2, 0.25) is 0 Å². The highest BCUT2D eigenvalue weighted by atomic mass is 127. The summed E-state index contributed by atoms with van der Waals surface area (Å²) in [6.45, 7) is 7.78. The van der Waals surface area contributed by atoms with E-state index in [1.54, 1.807) is 19.0 Å². The summed E-state index contributed by atoms with van der Waals surface area (Å²) in [5.74, 6) is 0.687. The summed E-state index contributed by atoms with van der Waals surface area (Å²) in [6.07, 6.45) is 1.32. The zero-order valence-electron chi connectivity index (χ0n) is 17.5. The number of nitrogens with one attached hydrogen (secondary N) is 3.